The zero-order chi connectivity index (χ0) is 10.0. The van der Waals surface area contributed by atoms with Crippen LogP contribution in [0, 0.1) is 6.92 Å². The molecular weight excluding hydrogens is 232 g/mol. The molecule has 0 aliphatic rings. The summed E-state index contributed by atoms with van der Waals surface area (Å²) in [7, 11) is 0. The fourth-order valence-electron chi connectivity index (χ4n) is 1.20. The smallest absolute Gasteiger partial charge is 0.147 e. The van der Waals surface area contributed by atoms with E-state index >= 15 is 0 Å². The zero-order valence-corrected chi connectivity index (χ0v) is 9.13. The predicted octanol–water partition coefficient (Wildman–Crippen LogP) is 2.73. The second-order valence-corrected chi connectivity index (χ2v) is 3.90. The third kappa shape index (κ3) is 2.10. The minimum Gasteiger partial charge on any atom is -0.508 e. The number of hydrogen-bond acceptors (Lipinski definition) is 2. The fourth-order valence-corrected chi connectivity index (χ4v) is 1.79. The van der Waals surface area contributed by atoms with Crippen LogP contribution in [0.25, 0.3) is 0 Å². The standard InChI is InChI=1S/C10H11BrO2/c1-6-4-3-5-8(13)9(6)10(11)7(2)12/h3-5,10,13H,1-2H3. The van der Waals surface area contributed by atoms with Gasteiger partial charge in [-0.1, -0.05) is 28.1 Å². The first-order chi connectivity index (χ1) is 6.04. The summed E-state index contributed by atoms with van der Waals surface area (Å²) in [6.07, 6.45) is 0. The van der Waals surface area contributed by atoms with Crippen LogP contribution in [0.3, 0.4) is 0 Å². The Bertz CT molecular complexity index is 313. The molecule has 1 aromatic rings. The second-order valence-electron chi connectivity index (χ2n) is 2.98. The number of halogens is 1. The Morgan fingerprint density at radius 3 is 2.62 bits per heavy atom. The van der Waals surface area contributed by atoms with Crippen molar-refractivity contribution in [3.05, 3.63) is 29.3 Å². The van der Waals surface area contributed by atoms with Crippen molar-refractivity contribution >= 4 is 21.7 Å². The van der Waals surface area contributed by atoms with E-state index in [4.69, 9.17) is 0 Å². The molecule has 0 aliphatic heterocycles. The quantitative estimate of drug-likeness (QED) is 0.811. The van der Waals surface area contributed by atoms with Gasteiger partial charge in [0, 0.05) is 5.56 Å². The van der Waals surface area contributed by atoms with E-state index in [9.17, 15) is 9.90 Å². The van der Waals surface area contributed by atoms with E-state index in [1.54, 1.807) is 12.1 Å². The lowest BCUT2D eigenvalue weighted by atomic mass is 10.0. The van der Waals surface area contributed by atoms with Gasteiger partial charge >= 0.3 is 0 Å². The van der Waals surface area contributed by atoms with Crippen molar-refractivity contribution in [3.8, 4) is 5.75 Å². The van der Waals surface area contributed by atoms with Crippen molar-refractivity contribution in [2.24, 2.45) is 0 Å². The van der Waals surface area contributed by atoms with E-state index in [1.165, 1.54) is 6.92 Å². The highest BCUT2D eigenvalue weighted by Crippen LogP contribution is 2.33. The van der Waals surface area contributed by atoms with Gasteiger partial charge in [-0.05, 0) is 25.5 Å². The van der Waals surface area contributed by atoms with Gasteiger partial charge in [-0.2, -0.15) is 0 Å². The SMILES string of the molecule is CC(=O)C(Br)c1c(C)cccc1O. The maximum Gasteiger partial charge on any atom is 0.147 e. The number of aryl methyl sites for hydroxylation is 1. The largest absolute Gasteiger partial charge is 0.508 e. The van der Waals surface area contributed by atoms with Crippen LogP contribution in [0.5, 0.6) is 5.75 Å². The molecule has 0 saturated carbocycles. The Labute approximate surface area is 85.7 Å². The third-order valence-electron chi connectivity index (χ3n) is 1.91. The lowest BCUT2D eigenvalue weighted by molar-refractivity contribution is -0.116. The summed E-state index contributed by atoms with van der Waals surface area (Å²) in [5.74, 6) is 0.154. The molecule has 0 spiro atoms. The summed E-state index contributed by atoms with van der Waals surface area (Å²) < 4.78 is 0. The number of benzene rings is 1. The first-order valence-electron chi connectivity index (χ1n) is 3.97. The molecule has 0 heterocycles. The number of Topliss-reactive ketones (excluding diaryl/α,β-unsaturated/α-hetero) is 1. The Morgan fingerprint density at radius 2 is 2.15 bits per heavy atom. The molecular formula is C10H11BrO2. The van der Waals surface area contributed by atoms with E-state index in [0.29, 0.717) is 5.56 Å². The van der Waals surface area contributed by atoms with Gasteiger partial charge in [0.25, 0.3) is 0 Å². The maximum atomic E-state index is 11.1. The van der Waals surface area contributed by atoms with Crippen molar-refractivity contribution in [2.45, 2.75) is 18.7 Å². The van der Waals surface area contributed by atoms with Crippen LogP contribution in [-0.2, 0) is 4.79 Å². The average Bonchev–Trinajstić information content (AvgIpc) is 2.03. The van der Waals surface area contributed by atoms with Gasteiger partial charge in [-0.3, -0.25) is 4.79 Å². The molecule has 13 heavy (non-hydrogen) atoms. The highest BCUT2D eigenvalue weighted by Gasteiger charge is 2.18. The van der Waals surface area contributed by atoms with Gasteiger partial charge in [0.15, 0.2) is 0 Å². The van der Waals surface area contributed by atoms with Gasteiger partial charge in [-0.25, -0.2) is 0 Å². The summed E-state index contributed by atoms with van der Waals surface area (Å²) in [4.78, 5) is 10.7. The van der Waals surface area contributed by atoms with E-state index in [2.05, 4.69) is 15.9 Å². The predicted molar refractivity (Wildman–Crippen MR) is 55.2 cm³/mol. The molecule has 0 radical (unpaired) electrons. The summed E-state index contributed by atoms with van der Waals surface area (Å²) in [5.41, 5.74) is 1.58. The third-order valence-corrected chi connectivity index (χ3v) is 3.01. The van der Waals surface area contributed by atoms with Crippen LogP contribution in [-0.4, -0.2) is 10.9 Å². The Kier molecular flexibility index (Phi) is 3.09. The molecule has 0 amide bonds. The average molecular weight is 243 g/mol. The number of hydrogen-bond donors (Lipinski definition) is 1. The maximum absolute atomic E-state index is 11.1. The highest BCUT2D eigenvalue weighted by atomic mass is 79.9. The molecule has 0 saturated heterocycles. The minimum absolute atomic E-state index is 0.00963. The number of phenolic OH excluding ortho intramolecular Hbond substituents is 1. The number of alkyl halides is 1. The van der Waals surface area contributed by atoms with E-state index < -0.39 is 4.83 Å². The van der Waals surface area contributed by atoms with E-state index in [-0.39, 0.29) is 11.5 Å². The summed E-state index contributed by atoms with van der Waals surface area (Å²) in [6.45, 7) is 3.36. The summed E-state index contributed by atoms with van der Waals surface area (Å²) >= 11 is 3.24. The van der Waals surface area contributed by atoms with Crippen LogP contribution < -0.4 is 0 Å². The summed E-state index contributed by atoms with van der Waals surface area (Å²) in [6, 6.07) is 5.21. The van der Waals surface area contributed by atoms with Gasteiger partial charge in [0.1, 0.15) is 16.4 Å². The molecule has 0 fully saturated rings. The van der Waals surface area contributed by atoms with E-state index in [1.807, 2.05) is 13.0 Å². The molecule has 1 aromatic carbocycles. The Balaban J connectivity index is 3.20. The van der Waals surface area contributed by atoms with Crippen LogP contribution in [0.1, 0.15) is 22.9 Å². The van der Waals surface area contributed by atoms with E-state index in [0.717, 1.165) is 5.56 Å². The topological polar surface area (TPSA) is 37.3 Å². The van der Waals surface area contributed by atoms with Crippen molar-refractivity contribution in [2.75, 3.05) is 0 Å². The molecule has 0 aromatic heterocycles. The van der Waals surface area contributed by atoms with Gasteiger partial charge < -0.3 is 5.11 Å². The summed E-state index contributed by atoms with van der Waals surface area (Å²) in [5, 5.41) is 9.53. The lowest BCUT2D eigenvalue weighted by Crippen LogP contribution is -2.03. The zero-order valence-electron chi connectivity index (χ0n) is 7.54. The van der Waals surface area contributed by atoms with Crippen molar-refractivity contribution in [3.63, 3.8) is 0 Å². The second kappa shape index (κ2) is 3.92. The van der Waals surface area contributed by atoms with Crippen molar-refractivity contribution < 1.29 is 9.90 Å². The molecule has 2 nitrogen and oxygen atoms in total. The van der Waals surface area contributed by atoms with Crippen molar-refractivity contribution in [1.82, 2.24) is 0 Å². The number of ketones is 1. The molecule has 1 unspecified atom stereocenters. The van der Waals surface area contributed by atoms with Crippen LogP contribution in [0.15, 0.2) is 18.2 Å². The molecule has 1 rings (SSSR count). The first kappa shape index (κ1) is 10.3. The van der Waals surface area contributed by atoms with Gasteiger partial charge in [0.05, 0.1) is 0 Å². The van der Waals surface area contributed by atoms with Crippen LogP contribution in [0.2, 0.25) is 0 Å². The fraction of sp³-hybridized carbons (Fsp3) is 0.300. The number of rotatable bonds is 2. The van der Waals surface area contributed by atoms with Crippen molar-refractivity contribution in [1.29, 1.82) is 0 Å². The lowest BCUT2D eigenvalue weighted by Gasteiger charge is -2.11. The molecule has 3 heteroatoms. The molecule has 0 bridgehead atoms. The Hall–Kier alpha value is -0.830. The Morgan fingerprint density at radius 1 is 1.54 bits per heavy atom. The number of aromatic hydroxyl groups is 1. The normalized spacial score (nSPS) is 12.5. The monoisotopic (exact) mass is 242 g/mol. The molecule has 0 aliphatic carbocycles. The minimum atomic E-state index is -0.409. The molecule has 1 N–H and O–H groups in total. The van der Waals surface area contributed by atoms with Crippen LogP contribution >= 0.6 is 15.9 Å². The number of carbonyl (C=O) groups is 1. The highest BCUT2D eigenvalue weighted by molar-refractivity contribution is 9.09. The number of carbonyl (C=O) groups excluding carboxylic acids is 1. The van der Waals surface area contributed by atoms with Crippen LogP contribution in [0.4, 0.5) is 0 Å². The molecule has 70 valence electrons. The molecule has 1 atom stereocenters. The van der Waals surface area contributed by atoms with Gasteiger partial charge in [-0.15, -0.1) is 0 Å². The first-order valence-corrected chi connectivity index (χ1v) is 4.88. The van der Waals surface area contributed by atoms with Gasteiger partial charge in [0.2, 0.25) is 0 Å². The number of phenols is 1.